The van der Waals surface area contributed by atoms with Crippen molar-refractivity contribution < 1.29 is 18.3 Å². The summed E-state index contributed by atoms with van der Waals surface area (Å²) in [6.45, 7) is -1.82. The van der Waals surface area contributed by atoms with Crippen LogP contribution in [0.4, 0.5) is 8.78 Å². The lowest BCUT2D eigenvalue weighted by Gasteiger charge is -2.12. The molecule has 0 fully saturated rings. The van der Waals surface area contributed by atoms with Gasteiger partial charge in [0.15, 0.2) is 17.3 Å². The number of benzene rings is 1. The normalized spacial score (nSPS) is 10.9. The van der Waals surface area contributed by atoms with Crippen LogP contribution in [0.1, 0.15) is 11.1 Å². The predicted octanol–water partition coefficient (Wildman–Crippen LogP) is 3.17. The maximum absolute atomic E-state index is 12.5. The Morgan fingerprint density at radius 2 is 1.88 bits per heavy atom. The van der Waals surface area contributed by atoms with Crippen molar-refractivity contribution in [3.63, 3.8) is 0 Å². The molecule has 3 rings (SSSR count). The first-order chi connectivity index (χ1) is 12.7. The molecule has 0 amide bonds. The van der Waals surface area contributed by atoms with Gasteiger partial charge in [-0.05, 0) is 41.5 Å². The maximum Gasteiger partial charge on any atom is 0.387 e. The van der Waals surface area contributed by atoms with Crippen LogP contribution in [-0.2, 0) is 13.1 Å². The van der Waals surface area contributed by atoms with Gasteiger partial charge < -0.3 is 14.8 Å². The van der Waals surface area contributed by atoms with Gasteiger partial charge in [0.25, 0.3) is 0 Å². The lowest BCUT2D eigenvalue weighted by atomic mass is 10.2. The summed E-state index contributed by atoms with van der Waals surface area (Å²) in [5.74, 6) is 1.02. The van der Waals surface area contributed by atoms with Gasteiger partial charge in [0.1, 0.15) is 0 Å². The summed E-state index contributed by atoms with van der Waals surface area (Å²) >= 11 is 0. The Hall–Kier alpha value is -3.00. The number of methoxy groups -OCH3 is 1. The molecule has 26 heavy (non-hydrogen) atoms. The van der Waals surface area contributed by atoms with Crippen LogP contribution in [0.15, 0.2) is 55.0 Å². The van der Waals surface area contributed by atoms with Crippen molar-refractivity contribution in [2.75, 3.05) is 7.11 Å². The van der Waals surface area contributed by atoms with Gasteiger partial charge in [-0.3, -0.25) is 0 Å². The van der Waals surface area contributed by atoms with Crippen LogP contribution >= 0.6 is 0 Å². The Balaban J connectivity index is 1.62. The van der Waals surface area contributed by atoms with Gasteiger partial charge in [0.2, 0.25) is 0 Å². The fourth-order valence-electron chi connectivity index (χ4n) is 2.47. The zero-order valence-electron chi connectivity index (χ0n) is 14.1. The molecule has 0 atom stereocenters. The summed E-state index contributed by atoms with van der Waals surface area (Å²) in [4.78, 5) is 4.28. The Kier molecular flexibility index (Phi) is 5.75. The van der Waals surface area contributed by atoms with E-state index in [-0.39, 0.29) is 11.5 Å². The minimum atomic E-state index is -2.90. The summed E-state index contributed by atoms with van der Waals surface area (Å²) in [6, 6.07) is 10.6. The third-order valence-corrected chi connectivity index (χ3v) is 3.65. The van der Waals surface area contributed by atoms with Gasteiger partial charge in [0.05, 0.1) is 7.11 Å². The molecule has 0 radical (unpaired) electrons. The number of nitrogens with one attached hydrogen (secondary N) is 1. The number of pyridine rings is 1. The smallest absolute Gasteiger partial charge is 0.387 e. The molecular weight excluding hydrogens is 342 g/mol. The molecule has 0 aliphatic carbocycles. The van der Waals surface area contributed by atoms with E-state index >= 15 is 0 Å². The van der Waals surface area contributed by atoms with Gasteiger partial charge in [-0.25, -0.2) is 9.67 Å². The second-order valence-electron chi connectivity index (χ2n) is 5.44. The third-order valence-electron chi connectivity index (χ3n) is 3.65. The van der Waals surface area contributed by atoms with E-state index in [4.69, 9.17) is 4.74 Å². The predicted molar refractivity (Wildman–Crippen MR) is 91.5 cm³/mol. The SMILES string of the molecule is COc1ccc(CNCc2ccnc(-n3cccn3)c2)cc1OC(F)F. The van der Waals surface area contributed by atoms with Crippen LogP contribution in [0.25, 0.3) is 5.82 Å². The fourth-order valence-corrected chi connectivity index (χ4v) is 2.47. The second-order valence-corrected chi connectivity index (χ2v) is 5.44. The lowest BCUT2D eigenvalue weighted by Crippen LogP contribution is -2.13. The Morgan fingerprint density at radius 1 is 1.08 bits per heavy atom. The molecule has 2 aromatic heterocycles. The first-order valence-corrected chi connectivity index (χ1v) is 7.93. The third kappa shape index (κ3) is 4.54. The van der Waals surface area contributed by atoms with Gasteiger partial charge in [-0.2, -0.15) is 13.9 Å². The molecule has 0 aliphatic heterocycles. The number of rotatable bonds is 8. The second kappa shape index (κ2) is 8.39. The highest BCUT2D eigenvalue weighted by atomic mass is 19.3. The zero-order valence-corrected chi connectivity index (χ0v) is 14.1. The average molecular weight is 360 g/mol. The summed E-state index contributed by atoms with van der Waals surface area (Å²) in [7, 11) is 1.41. The molecule has 2 heterocycles. The number of hydrogen-bond donors (Lipinski definition) is 1. The van der Waals surface area contributed by atoms with Crippen molar-refractivity contribution in [2.24, 2.45) is 0 Å². The molecule has 0 spiro atoms. The Labute approximate surface area is 149 Å². The molecule has 0 unspecified atom stereocenters. The number of alkyl halides is 2. The van der Waals surface area contributed by atoms with E-state index in [0.717, 1.165) is 16.9 Å². The van der Waals surface area contributed by atoms with Crippen LogP contribution < -0.4 is 14.8 Å². The minimum Gasteiger partial charge on any atom is -0.493 e. The van der Waals surface area contributed by atoms with Crippen LogP contribution in [-0.4, -0.2) is 28.5 Å². The molecular formula is C18H18F2N4O2. The van der Waals surface area contributed by atoms with E-state index in [1.54, 1.807) is 35.3 Å². The fraction of sp³-hybridized carbons (Fsp3) is 0.222. The molecule has 6 nitrogen and oxygen atoms in total. The topological polar surface area (TPSA) is 61.2 Å². The zero-order chi connectivity index (χ0) is 18.4. The monoisotopic (exact) mass is 360 g/mol. The standard InChI is InChI=1S/C18H18F2N4O2/c1-25-15-4-3-13(9-16(15)26-18(19)20)11-21-12-14-5-7-22-17(10-14)24-8-2-6-23-24/h2-10,18,21H,11-12H2,1H3. The molecule has 1 aromatic carbocycles. The molecule has 1 N–H and O–H groups in total. The van der Waals surface area contributed by atoms with Crippen LogP contribution in [0.2, 0.25) is 0 Å². The van der Waals surface area contributed by atoms with Crippen LogP contribution in [0.3, 0.4) is 0 Å². The Bertz CT molecular complexity index is 841. The maximum atomic E-state index is 12.5. The number of nitrogens with zero attached hydrogens (tertiary/aromatic N) is 3. The summed E-state index contributed by atoms with van der Waals surface area (Å²) in [5, 5.41) is 7.42. The summed E-state index contributed by atoms with van der Waals surface area (Å²) in [6.07, 6.45) is 5.23. The highest BCUT2D eigenvalue weighted by molar-refractivity contribution is 5.43. The van der Waals surface area contributed by atoms with E-state index in [0.29, 0.717) is 13.1 Å². The quantitative estimate of drug-likeness (QED) is 0.669. The van der Waals surface area contributed by atoms with Crippen molar-refractivity contribution in [3.8, 4) is 17.3 Å². The number of ether oxygens (including phenoxy) is 2. The van der Waals surface area contributed by atoms with E-state index in [9.17, 15) is 8.78 Å². The average Bonchev–Trinajstić information content (AvgIpc) is 3.16. The summed E-state index contributed by atoms with van der Waals surface area (Å²) in [5.41, 5.74) is 1.84. The van der Waals surface area contributed by atoms with E-state index in [1.165, 1.54) is 7.11 Å². The molecule has 8 heteroatoms. The van der Waals surface area contributed by atoms with Gasteiger partial charge >= 0.3 is 6.61 Å². The number of aromatic nitrogens is 3. The molecule has 0 saturated heterocycles. The van der Waals surface area contributed by atoms with Crippen molar-refractivity contribution in [1.29, 1.82) is 0 Å². The van der Waals surface area contributed by atoms with Crippen molar-refractivity contribution in [1.82, 2.24) is 20.1 Å². The highest BCUT2D eigenvalue weighted by Crippen LogP contribution is 2.29. The Morgan fingerprint density at radius 3 is 2.58 bits per heavy atom. The first-order valence-electron chi connectivity index (χ1n) is 7.93. The lowest BCUT2D eigenvalue weighted by molar-refractivity contribution is -0.0512. The van der Waals surface area contributed by atoms with Gasteiger partial charge in [-0.15, -0.1) is 0 Å². The van der Waals surface area contributed by atoms with E-state index in [1.807, 2.05) is 24.4 Å². The number of hydrogen-bond acceptors (Lipinski definition) is 5. The first kappa shape index (κ1) is 17.8. The minimum absolute atomic E-state index is 0.0201. The summed E-state index contributed by atoms with van der Waals surface area (Å²) < 4.78 is 36.2. The van der Waals surface area contributed by atoms with Gasteiger partial charge in [-0.1, -0.05) is 6.07 Å². The van der Waals surface area contributed by atoms with E-state index < -0.39 is 6.61 Å². The van der Waals surface area contributed by atoms with Crippen LogP contribution in [0, 0.1) is 0 Å². The van der Waals surface area contributed by atoms with Crippen molar-refractivity contribution in [3.05, 3.63) is 66.1 Å². The number of halogens is 2. The molecule has 0 saturated carbocycles. The molecule has 0 bridgehead atoms. The van der Waals surface area contributed by atoms with Crippen LogP contribution in [0.5, 0.6) is 11.5 Å². The highest BCUT2D eigenvalue weighted by Gasteiger charge is 2.11. The molecule has 3 aromatic rings. The van der Waals surface area contributed by atoms with Crippen molar-refractivity contribution in [2.45, 2.75) is 19.7 Å². The van der Waals surface area contributed by atoms with E-state index in [2.05, 4.69) is 20.1 Å². The van der Waals surface area contributed by atoms with Crippen molar-refractivity contribution >= 4 is 0 Å². The molecule has 0 aliphatic rings. The molecule has 136 valence electrons. The largest absolute Gasteiger partial charge is 0.493 e. The van der Waals surface area contributed by atoms with Gasteiger partial charge in [0, 0.05) is 31.7 Å².